The van der Waals surface area contributed by atoms with Crippen LogP contribution in [0.2, 0.25) is 0 Å². The minimum atomic E-state index is 0.758. The van der Waals surface area contributed by atoms with E-state index in [0.717, 1.165) is 25.6 Å². The fourth-order valence-electron chi connectivity index (χ4n) is 0.984. The topological polar surface area (TPSA) is 64.7 Å². The standard InChI is InChI=1S/C9H10N4S2/c1-5-4-11-8(3-7(5)10)15-9-13-12-6(2)14-9/h3-4H,1-2H3,(H2,10,11). The molecule has 0 saturated carbocycles. The lowest BCUT2D eigenvalue weighted by Crippen LogP contribution is -1.91. The van der Waals surface area contributed by atoms with Crippen molar-refractivity contribution >= 4 is 28.8 Å². The predicted molar refractivity (Wildman–Crippen MR) is 62.2 cm³/mol. The first-order chi connectivity index (χ1) is 7.15. The molecular formula is C9H10N4S2. The Kier molecular flexibility index (Phi) is 2.88. The summed E-state index contributed by atoms with van der Waals surface area (Å²) in [4.78, 5) is 4.27. The highest BCUT2D eigenvalue weighted by atomic mass is 32.2. The largest absolute Gasteiger partial charge is 0.398 e. The van der Waals surface area contributed by atoms with Crippen LogP contribution >= 0.6 is 23.1 Å². The quantitative estimate of drug-likeness (QED) is 0.869. The van der Waals surface area contributed by atoms with Crippen molar-refractivity contribution in [1.29, 1.82) is 0 Å². The van der Waals surface area contributed by atoms with Gasteiger partial charge in [0, 0.05) is 11.9 Å². The van der Waals surface area contributed by atoms with Crippen molar-refractivity contribution in [3.8, 4) is 0 Å². The van der Waals surface area contributed by atoms with E-state index < -0.39 is 0 Å². The number of aryl methyl sites for hydroxylation is 2. The average Bonchev–Trinajstić information content (AvgIpc) is 2.58. The fourth-order valence-corrected chi connectivity index (χ4v) is 2.74. The summed E-state index contributed by atoms with van der Waals surface area (Å²) < 4.78 is 0.892. The number of nitrogens with zero attached hydrogens (tertiary/aromatic N) is 3. The molecule has 0 amide bonds. The minimum absolute atomic E-state index is 0.758. The van der Waals surface area contributed by atoms with Crippen LogP contribution in [0.15, 0.2) is 21.6 Å². The van der Waals surface area contributed by atoms with E-state index in [1.54, 1.807) is 17.5 Å². The molecule has 2 aromatic rings. The van der Waals surface area contributed by atoms with Gasteiger partial charge < -0.3 is 5.73 Å². The summed E-state index contributed by atoms with van der Waals surface area (Å²) >= 11 is 3.04. The first-order valence-corrected chi connectivity index (χ1v) is 5.98. The third kappa shape index (κ3) is 2.45. The number of pyridine rings is 1. The van der Waals surface area contributed by atoms with Crippen LogP contribution in [0.25, 0.3) is 0 Å². The van der Waals surface area contributed by atoms with Gasteiger partial charge in [0.1, 0.15) is 10.0 Å². The molecule has 0 bridgehead atoms. The fraction of sp³-hybridized carbons (Fsp3) is 0.222. The third-order valence-corrected chi connectivity index (χ3v) is 3.64. The Morgan fingerprint density at radius 2 is 2.13 bits per heavy atom. The Bertz CT molecular complexity index is 481. The van der Waals surface area contributed by atoms with Crippen molar-refractivity contribution in [2.45, 2.75) is 23.2 Å². The summed E-state index contributed by atoms with van der Waals surface area (Å²) in [6.07, 6.45) is 1.77. The molecule has 0 aliphatic carbocycles. The monoisotopic (exact) mass is 238 g/mol. The Labute approximate surface area is 95.9 Å². The molecular weight excluding hydrogens is 228 g/mol. The first-order valence-electron chi connectivity index (χ1n) is 4.35. The van der Waals surface area contributed by atoms with E-state index in [2.05, 4.69) is 15.2 Å². The van der Waals surface area contributed by atoms with Gasteiger partial charge in [0.05, 0.1) is 0 Å². The van der Waals surface area contributed by atoms with Gasteiger partial charge in [-0.3, -0.25) is 0 Å². The van der Waals surface area contributed by atoms with Crippen molar-refractivity contribution in [3.63, 3.8) is 0 Å². The van der Waals surface area contributed by atoms with Gasteiger partial charge in [-0.25, -0.2) is 4.98 Å². The van der Waals surface area contributed by atoms with Gasteiger partial charge in [0.2, 0.25) is 0 Å². The van der Waals surface area contributed by atoms with E-state index >= 15 is 0 Å². The van der Waals surface area contributed by atoms with E-state index in [9.17, 15) is 0 Å². The number of hydrogen-bond donors (Lipinski definition) is 1. The van der Waals surface area contributed by atoms with Crippen LogP contribution in [0, 0.1) is 13.8 Å². The number of anilines is 1. The molecule has 2 heterocycles. The summed E-state index contributed by atoms with van der Waals surface area (Å²) in [6, 6.07) is 1.86. The molecule has 6 heteroatoms. The summed E-state index contributed by atoms with van der Waals surface area (Å²) in [7, 11) is 0. The van der Waals surface area contributed by atoms with Crippen molar-refractivity contribution < 1.29 is 0 Å². The summed E-state index contributed by atoms with van der Waals surface area (Å²) in [5.41, 5.74) is 7.54. The lowest BCUT2D eigenvalue weighted by Gasteiger charge is -2.00. The highest BCUT2D eigenvalue weighted by molar-refractivity contribution is 8.01. The van der Waals surface area contributed by atoms with E-state index in [1.807, 2.05) is 19.9 Å². The number of nitrogens with two attached hydrogens (primary N) is 1. The van der Waals surface area contributed by atoms with Gasteiger partial charge in [0.15, 0.2) is 4.34 Å². The third-order valence-electron chi connectivity index (χ3n) is 1.82. The number of aromatic nitrogens is 3. The van der Waals surface area contributed by atoms with Gasteiger partial charge in [-0.1, -0.05) is 11.3 Å². The maximum atomic E-state index is 5.79. The van der Waals surface area contributed by atoms with Gasteiger partial charge >= 0.3 is 0 Å². The van der Waals surface area contributed by atoms with Crippen molar-refractivity contribution in [3.05, 3.63) is 22.8 Å². The number of nitrogen functional groups attached to an aromatic ring is 1. The lowest BCUT2D eigenvalue weighted by molar-refractivity contribution is 0.980. The molecule has 4 nitrogen and oxygen atoms in total. The van der Waals surface area contributed by atoms with Crippen molar-refractivity contribution in [2.24, 2.45) is 0 Å². The smallest absolute Gasteiger partial charge is 0.180 e. The van der Waals surface area contributed by atoms with Crippen LogP contribution in [0.5, 0.6) is 0 Å². The second-order valence-corrected chi connectivity index (χ2v) is 5.52. The predicted octanol–water partition coefficient (Wildman–Crippen LogP) is 2.28. The number of hydrogen-bond acceptors (Lipinski definition) is 6. The van der Waals surface area contributed by atoms with Crippen LogP contribution < -0.4 is 5.73 Å². The number of rotatable bonds is 2. The van der Waals surface area contributed by atoms with E-state index in [-0.39, 0.29) is 0 Å². The van der Waals surface area contributed by atoms with Gasteiger partial charge in [0.25, 0.3) is 0 Å². The molecule has 15 heavy (non-hydrogen) atoms. The van der Waals surface area contributed by atoms with Gasteiger partial charge in [-0.2, -0.15) is 0 Å². The summed E-state index contributed by atoms with van der Waals surface area (Å²) in [5.74, 6) is 0. The van der Waals surface area contributed by atoms with Crippen LogP contribution in [-0.2, 0) is 0 Å². The molecule has 0 atom stereocenters. The normalized spacial score (nSPS) is 10.5. The van der Waals surface area contributed by atoms with E-state index in [1.165, 1.54) is 11.8 Å². The minimum Gasteiger partial charge on any atom is -0.398 e. The molecule has 0 spiro atoms. The highest BCUT2D eigenvalue weighted by Crippen LogP contribution is 2.29. The molecule has 0 fully saturated rings. The molecule has 2 N–H and O–H groups in total. The molecule has 0 unspecified atom stereocenters. The summed E-state index contributed by atoms with van der Waals surface area (Å²) in [6.45, 7) is 3.87. The van der Waals surface area contributed by atoms with Gasteiger partial charge in [-0.15, -0.1) is 10.2 Å². The second kappa shape index (κ2) is 4.16. The van der Waals surface area contributed by atoms with Gasteiger partial charge in [-0.05, 0) is 37.2 Å². The maximum absolute atomic E-state index is 5.79. The SMILES string of the molecule is Cc1nnc(Sc2cc(N)c(C)cn2)s1. The molecule has 2 rings (SSSR count). The van der Waals surface area contributed by atoms with Crippen LogP contribution in [0.1, 0.15) is 10.6 Å². The zero-order chi connectivity index (χ0) is 10.8. The van der Waals surface area contributed by atoms with E-state index in [0.29, 0.717) is 0 Å². The Balaban J connectivity index is 2.21. The Morgan fingerprint density at radius 1 is 1.33 bits per heavy atom. The second-order valence-electron chi connectivity index (χ2n) is 3.07. The molecule has 0 radical (unpaired) electrons. The average molecular weight is 238 g/mol. The summed E-state index contributed by atoms with van der Waals surface area (Å²) in [5, 5.41) is 9.77. The molecule has 2 aromatic heterocycles. The highest BCUT2D eigenvalue weighted by Gasteiger charge is 2.05. The molecule has 0 aliphatic heterocycles. The van der Waals surface area contributed by atoms with Crippen LogP contribution in [0.4, 0.5) is 5.69 Å². The first kappa shape index (κ1) is 10.4. The van der Waals surface area contributed by atoms with Crippen molar-refractivity contribution in [2.75, 3.05) is 5.73 Å². The molecule has 0 aromatic carbocycles. The zero-order valence-corrected chi connectivity index (χ0v) is 10.0. The Morgan fingerprint density at radius 3 is 2.73 bits per heavy atom. The van der Waals surface area contributed by atoms with Crippen LogP contribution in [0.3, 0.4) is 0 Å². The zero-order valence-electron chi connectivity index (χ0n) is 8.39. The molecule has 0 aliphatic rings. The maximum Gasteiger partial charge on any atom is 0.180 e. The van der Waals surface area contributed by atoms with Crippen LogP contribution in [-0.4, -0.2) is 15.2 Å². The molecule has 0 saturated heterocycles. The molecule has 78 valence electrons. The van der Waals surface area contributed by atoms with E-state index in [4.69, 9.17) is 5.73 Å². The Hall–Kier alpha value is -1.14. The van der Waals surface area contributed by atoms with Crippen molar-refractivity contribution in [1.82, 2.24) is 15.2 Å². The lowest BCUT2D eigenvalue weighted by atomic mass is 10.3.